The molecule has 4 nitrogen and oxygen atoms in total. The fourth-order valence-electron chi connectivity index (χ4n) is 2.84. The first-order valence-corrected chi connectivity index (χ1v) is 8.11. The normalized spacial score (nSPS) is 36.2. The topological polar surface area (TPSA) is 55.8 Å². The number of rotatable bonds is 1. The van der Waals surface area contributed by atoms with Crippen molar-refractivity contribution in [1.82, 2.24) is 0 Å². The molecular formula is C16H32O4. The largest absolute Gasteiger partial charge is 0.479 e. The van der Waals surface area contributed by atoms with Crippen LogP contribution >= 0.6 is 0 Å². The Bertz CT molecular complexity index is 280. The average molecular weight is 288 g/mol. The van der Waals surface area contributed by atoms with Crippen molar-refractivity contribution in [1.29, 1.82) is 0 Å². The number of aliphatic carboxylic acids is 1. The van der Waals surface area contributed by atoms with Crippen molar-refractivity contribution in [3.63, 3.8) is 0 Å². The van der Waals surface area contributed by atoms with Crippen molar-refractivity contribution in [3.8, 4) is 0 Å². The molecule has 2 fully saturated rings. The average Bonchev–Trinajstić information content (AvgIpc) is 2.65. The third-order valence-electron chi connectivity index (χ3n) is 3.58. The minimum absolute atomic E-state index is 0.345. The van der Waals surface area contributed by atoms with Gasteiger partial charge in [0.05, 0.1) is 6.10 Å². The van der Waals surface area contributed by atoms with Gasteiger partial charge in [-0.1, -0.05) is 47.5 Å². The summed E-state index contributed by atoms with van der Waals surface area (Å²) >= 11 is 0. The van der Waals surface area contributed by atoms with Crippen molar-refractivity contribution < 1.29 is 19.4 Å². The van der Waals surface area contributed by atoms with Gasteiger partial charge in [0.25, 0.3) is 0 Å². The summed E-state index contributed by atoms with van der Waals surface area (Å²) in [6.07, 6.45) is 3.92. The summed E-state index contributed by atoms with van der Waals surface area (Å²) in [5, 5.41) is 9.03. The van der Waals surface area contributed by atoms with Crippen molar-refractivity contribution in [2.75, 3.05) is 0 Å². The first-order chi connectivity index (χ1) is 9.52. The maximum atomic E-state index is 11.0. The van der Waals surface area contributed by atoms with Gasteiger partial charge in [0.15, 0.2) is 11.9 Å². The van der Waals surface area contributed by atoms with Crippen LogP contribution in [0.1, 0.15) is 73.6 Å². The first kappa shape index (κ1) is 19.4. The van der Waals surface area contributed by atoms with E-state index in [1.165, 1.54) is 12.8 Å². The van der Waals surface area contributed by atoms with Gasteiger partial charge in [0.2, 0.25) is 0 Å². The molecule has 1 aliphatic heterocycles. The van der Waals surface area contributed by atoms with Gasteiger partial charge in [-0.05, 0) is 19.3 Å². The lowest BCUT2D eigenvalue weighted by atomic mass is 9.99. The summed E-state index contributed by atoms with van der Waals surface area (Å²) < 4.78 is 11.5. The van der Waals surface area contributed by atoms with E-state index < -0.39 is 17.9 Å². The number of hydrogen-bond donors (Lipinski definition) is 1. The molecule has 120 valence electrons. The lowest BCUT2D eigenvalue weighted by molar-refractivity contribution is -0.193. The van der Waals surface area contributed by atoms with Crippen LogP contribution < -0.4 is 0 Å². The van der Waals surface area contributed by atoms with E-state index in [9.17, 15) is 4.79 Å². The van der Waals surface area contributed by atoms with Gasteiger partial charge in [-0.2, -0.15) is 0 Å². The molecule has 4 heteroatoms. The summed E-state index contributed by atoms with van der Waals surface area (Å²) in [5.41, 5.74) is 0. The molecule has 0 aromatic heterocycles. The molecule has 1 saturated carbocycles. The molecule has 0 aromatic rings. The van der Waals surface area contributed by atoms with Crippen LogP contribution in [0.2, 0.25) is 0 Å². The Morgan fingerprint density at radius 2 is 1.70 bits per heavy atom. The fourth-order valence-corrected chi connectivity index (χ4v) is 2.84. The van der Waals surface area contributed by atoms with Gasteiger partial charge in [-0.3, -0.25) is 0 Å². The predicted molar refractivity (Wildman–Crippen MR) is 80.7 cm³/mol. The number of ether oxygens (including phenoxy) is 2. The highest BCUT2D eigenvalue weighted by molar-refractivity contribution is 5.73. The second-order valence-corrected chi connectivity index (χ2v) is 5.17. The van der Waals surface area contributed by atoms with Crippen LogP contribution in [0.5, 0.6) is 0 Å². The highest BCUT2D eigenvalue weighted by Gasteiger charge is 2.49. The molecule has 1 spiro atoms. The van der Waals surface area contributed by atoms with E-state index in [4.69, 9.17) is 14.6 Å². The van der Waals surface area contributed by atoms with Crippen LogP contribution in [0.15, 0.2) is 0 Å². The Morgan fingerprint density at radius 3 is 2.20 bits per heavy atom. The Kier molecular flexibility index (Phi) is 9.06. The van der Waals surface area contributed by atoms with Gasteiger partial charge in [-0.25, -0.2) is 4.79 Å². The Morgan fingerprint density at radius 1 is 1.10 bits per heavy atom. The molecule has 1 N–H and O–H groups in total. The Hall–Kier alpha value is -0.610. The zero-order valence-electron chi connectivity index (χ0n) is 13.9. The van der Waals surface area contributed by atoms with Crippen molar-refractivity contribution >= 4 is 5.97 Å². The lowest BCUT2D eigenvalue weighted by Crippen LogP contribution is -2.33. The number of carboxylic acids is 1. The van der Waals surface area contributed by atoms with Crippen molar-refractivity contribution in [2.45, 2.75) is 91.6 Å². The Labute approximate surface area is 123 Å². The van der Waals surface area contributed by atoms with E-state index in [0.717, 1.165) is 19.3 Å². The highest BCUT2D eigenvalue weighted by Crippen LogP contribution is 2.41. The van der Waals surface area contributed by atoms with Crippen molar-refractivity contribution in [2.24, 2.45) is 5.92 Å². The third-order valence-corrected chi connectivity index (χ3v) is 3.58. The maximum Gasteiger partial charge on any atom is 0.335 e. The van der Waals surface area contributed by atoms with E-state index in [-0.39, 0.29) is 6.10 Å². The van der Waals surface area contributed by atoms with Crippen LogP contribution in [0.25, 0.3) is 0 Å². The van der Waals surface area contributed by atoms with Gasteiger partial charge < -0.3 is 14.6 Å². The maximum absolute atomic E-state index is 11.0. The van der Waals surface area contributed by atoms with Gasteiger partial charge in [-0.15, -0.1) is 0 Å². The zero-order chi connectivity index (χ0) is 15.8. The molecule has 1 heterocycles. The number of carbonyl (C=O) groups is 1. The standard InChI is InChI=1S/C12H20O4.2C2H6/c1-8-5-3-4-6-12(7-8)15-9(2)10(16-12)11(13)14;2*1-2/h8-10H,3-7H2,1-2H3,(H,13,14);2*1-2H3. The fraction of sp³-hybridized carbons (Fsp3) is 0.938. The summed E-state index contributed by atoms with van der Waals surface area (Å²) in [6.45, 7) is 12.0. The highest BCUT2D eigenvalue weighted by atomic mass is 16.8. The number of carboxylic acid groups (broad SMARTS) is 1. The molecule has 1 saturated heterocycles. The van der Waals surface area contributed by atoms with Crippen LogP contribution in [-0.2, 0) is 14.3 Å². The molecule has 1 aliphatic carbocycles. The zero-order valence-corrected chi connectivity index (χ0v) is 13.9. The van der Waals surface area contributed by atoms with E-state index >= 15 is 0 Å². The molecule has 2 aliphatic rings. The summed E-state index contributed by atoms with van der Waals surface area (Å²) in [5.74, 6) is -0.998. The molecule has 2 rings (SSSR count). The summed E-state index contributed by atoms with van der Waals surface area (Å²) in [6, 6.07) is 0. The molecule has 4 unspecified atom stereocenters. The summed E-state index contributed by atoms with van der Waals surface area (Å²) in [7, 11) is 0. The SMILES string of the molecule is CC.CC.CC1CCCCC2(C1)OC(C)C(C(=O)O)O2. The molecule has 0 amide bonds. The quantitative estimate of drug-likeness (QED) is 0.784. The molecule has 20 heavy (non-hydrogen) atoms. The molecular weight excluding hydrogens is 256 g/mol. The second-order valence-electron chi connectivity index (χ2n) is 5.17. The lowest BCUT2D eigenvalue weighted by Gasteiger charge is -2.28. The minimum Gasteiger partial charge on any atom is -0.479 e. The summed E-state index contributed by atoms with van der Waals surface area (Å²) in [4.78, 5) is 11.0. The van der Waals surface area contributed by atoms with Gasteiger partial charge in [0.1, 0.15) is 0 Å². The van der Waals surface area contributed by atoms with Crippen LogP contribution in [0.4, 0.5) is 0 Å². The molecule has 0 radical (unpaired) electrons. The molecule has 0 bridgehead atoms. The van der Waals surface area contributed by atoms with Gasteiger partial charge >= 0.3 is 5.97 Å². The number of hydrogen-bond acceptors (Lipinski definition) is 3. The van der Waals surface area contributed by atoms with Crippen LogP contribution in [0.3, 0.4) is 0 Å². The van der Waals surface area contributed by atoms with E-state index in [0.29, 0.717) is 5.92 Å². The van der Waals surface area contributed by atoms with Gasteiger partial charge in [0, 0.05) is 12.8 Å². The van der Waals surface area contributed by atoms with E-state index in [1.807, 2.05) is 27.7 Å². The molecule has 0 aromatic carbocycles. The molecule has 4 atom stereocenters. The minimum atomic E-state index is -0.915. The third kappa shape index (κ3) is 5.06. The monoisotopic (exact) mass is 288 g/mol. The van der Waals surface area contributed by atoms with Crippen molar-refractivity contribution in [3.05, 3.63) is 0 Å². The van der Waals surface area contributed by atoms with E-state index in [2.05, 4.69) is 6.92 Å². The van der Waals surface area contributed by atoms with Crippen LogP contribution in [-0.4, -0.2) is 29.1 Å². The van der Waals surface area contributed by atoms with E-state index in [1.54, 1.807) is 6.92 Å². The smallest absolute Gasteiger partial charge is 0.335 e. The first-order valence-electron chi connectivity index (χ1n) is 8.11. The van der Waals surface area contributed by atoms with Crippen LogP contribution in [0, 0.1) is 5.92 Å². The second kappa shape index (κ2) is 9.35. The Balaban J connectivity index is 0.000000829. The predicted octanol–water partition coefficient (Wildman–Crippen LogP) is 4.22.